The molecule has 3 aromatic carbocycles. The molecular formula is C24H16Cl3IN2O2. The number of nitrogens with zero attached hydrogens (tertiary/aromatic N) is 1. The van der Waals surface area contributed by atoms with Gasteiger partial charge in [-0.3, -0.25) is 4.79 Å². The fourth-order valence-corrected chi connectivity index (χ4v) is 3.90. The van der Waals surface area contributed by atoms with Crippen LogP contribution in [0.15, 0.2) is 60.2 Å². The molecule has 0 bridgehead atoms. The number of amides is 1. The van der Waals surface area contributed by atoms with Crippen LogP contribution in [0.4, 0.5) is 5.69 Å². The van der Waals surface area contributed by atoms with Gasteiger partial charge >= 0.3 is 0 Å². The number of ether oxygens (including phenoxy) is 1. The summed E-state index contributed by atoms with van der Waals surface area (Å²) >= 11 is 20.2. The van der Waals surface area contributed by atoms with Gasteiger partial charge in [0.05, 0.1) is 13.6 Å². The maximum atomic E-state index is 12.5. The van der Waals surface area contributed by atoms with Crippen LogP contribution >= 0.6 is 57.4 Å². The Morgan fingerprint density at radius 1 is 1.06 bits per heavy atom. The number of hydrogen-bond donors (Lipinski definition) is 1. The first kappa shape index (κ1) is 24.4. The molecule has 4 nitrogen and oxygen atoms in total. The molecule has 162 valence electrons. The highest BCUT2D eigenvalue weighted by molar-refractivity contribution is 14.1. The SMILES string of the molecule is Cc1ccc(NC(=O)/C(C#N)=C\c2ccc(OCc3ccc(Cl)c(Cl)c3)c(I)c2)cc1Cl. The molecule has 0 aliphatic carbocycles. The summed E-state index contributed by atoms with van der Waals surface area (Å²) in [5.74, 6) is 0.161. The Balaban J connectivity index is 1.71. The lowest BCUT2D eigenvalue weighted by Gasteiger charge is -2.10. The minimum absolute atomic E-state index is 0.0260. The lowest BCUT2D eigenvalue weighted by molar-refractivity contribution is -0.112. The molecule has 3 rings (SSSR count). The Bertz CT molecular complexity index is 1250. The third kappa shape index (κ3) is 6.39. The van der Waals surface area contributed by atoms with Crippen molar-refractivity contribution in [3.05, 3.63) is 95.5 Å². The van der Waals surface area contributed by atoms with Crippen LogP contribution in [0.3, 0.4) is 0 Å². The summed E-state index contributed by atoms with van der Waals surface area (Å²) in [4.78, 5) is 12.5. The van der Waals surface area contributed by atoms with Gasteiger partial charge in [-0.05, 0) is 88.7 Å². The van der Waals surface area contributed by atoms with Gasteiger partial charge in [0, 0.05) is 10.7 Å². The van der Waals surface area contributed by atoms with Crippen LogP contribution in [-0.4, -0.2) is 5.91 Å². The largest absolute Gasteiger partial charge is 0.488 e. The highest BCUT2D eigenvalue weighted by atomic mass is 127. The number of anilines is 1. The quantitative estimate of drug-likeness (QED) is 0.180. The van der Waals surface area contributed by atoms with E-state index >= 15 is 0 Å². The molecule has 0 spiro atoms. The topological polar surface area (TPSA) is 62.1 Å². The summed E-state index contributed by atoms with van der Waals surface area (Å²) in [6.45, 7) is 2.20. The van der Waals surface area contributed by atoms with E-state index in [2.05, 4.69) is 27.9 Å². The molecule has 0 fully saturated rings. The van der Waals surface area contributed by atoms with E-state index in [1.807, 2.05) is 25.1 Å². The van der Waals surface area contributed by atoms with E-state index in [9.17, 15) is 10.1 Å². The Morgan fingerprint density at radius 3 is 2.50 bits per heavy atom. The van der Waals surface area contributed by atoms with E-state index in [0.717, 1.165) is 14.7 Å². The highest BCUT2D eigenvalue weighted by Gasteiger charge is 2.11. The van der Waals surface area contributed by atoms with Crippen molar-refractivity contribution in [3.63, 3.8) is 0 Å². The highest BCUT2D eigenvalue weighted by Crippen LogP contribution is 2.27. The van der Waals surface area contributed by atoms with Crippen molar-refractivity contribution in [2.45, 2.75) is 13.5 Å². The number of carbonyl (C=O) groups is 1. The van der Waals surface area contributed by atoms with Crippen molar-refractivity contribution < 1.29 is 9.53 Å². The minimum Gasteiger partial charge on any atom is -0.488 e. The second kappa shape index (κ2) is 11.1. The number of benzene rings is 3. The second-order valence-corrected chi connectivity index (χ2v) is 9.20. The van der Waals surface area contributed by atoms with E-state index in [1.165, 1.54) is 6.08 Å². The number of nitriles is 1. The minimum atomic E-state index is -0.512. The molecule has 0 unspecified atom stereocenters. The van der Waals surface area contributed by atoms with Gasteiger partial charge in [0.1, 0.15) is 24.0 Å². The van der Waals surface area contributed by atoms with E-state index in [0.29, 0.717) is 38.7 Å². The maximum absolute atomic E-state index is 12.5. The summed E-state index contributed by atoms with van der Waals surface area (Å²) in [6.07, 6.45) is 1.52. The van der Waals surface area contributed by atoms with Gasteiger partial charge in [0.25, 0.3) is 5.91 Å². The molecule has 0 aliphatic heterocycles. The van der Waals surface area contributed by atoms with Crippen LogP contribution in [0.5, 0.6) is 5.75 Å². The Kier molecular flexibility index (Phi) is 8.44. The van der Waals surface area contributed by atoms with Gasteiger partial charge in [-0.1, -0.05) is 53.0 Å². The first-order valence-corrected chi connectivity index (χ1v) is 11.5. The molecule has 0 saturated carbocycles. The zero-order valence-corrected chi connectivity index (χ0v) is 21.2. The summed E-state index contributed by atoms with van der Waals surface area (Å²) in [5, 5.41) is 13.7. The summed E-state index contributed by atoms with van der Waals surface area (Å²) in [5.41, 5.74) is 2.98. The van der Waals surface area contributed by atoms with Gasteiger partial charge in [0.2, 0.25) is 0 Å². The zero-order valence-electron chi connectivity index (χ0n) is 16.8. The third-order valence-electron chi connectivity index (χ3n) is 4.44. The number of nitrogens with one attached hydrogen (secondary N) is 1. The summed E-state index contributed by atoms with van der Waals surface area (Å²) in [7, 11) is 0. The third-order valence-corrected chi connectivity index (χ3v) is 6.43. The van der Waals surface area contributed by atoms with Crippen molar-refractivity contribution in [3.8, 4) is 11.8 Å². The van der Waals surface area contributed by atoms with Crippen molar-refractivity contribution in [2.75, 3.05) is 5.32 Å². The van der Waals surface area contributed by atoms with Crippen LogP contribution in [0, 0.1) is 21.8 Å². The maximum Gasteiger partial charge on any atom is 0.266 e. The Hall–Kier alpha value is -2.24. The molecule has 1 amide bonds. The van der Waals surface area contributed by atoms with Gasteiger partial charge in [-0.25, -0.2) is 0 Å². The molecular weight excluding hydrogens is 582 g/mol. The van der Waals surface area contributed by atoms with Gasteiger partial charge in [-0.2, -0.15) is 5.26 Å². The first-order chi connectivity index (χ1) is 15.3. The molecule has 0 saturated heterocycles. The summed E-state index contributed by atoms with van der Waals surface area (Å²) < 4.78 is 6.70. The van der Waals surface area contributed by atoms with Crippen molar-refractivity contribution in [1.82, 2.24) is 0 Å². The number of rotatable bonds is 6. The number of carbonyl (C=O) groups excluding carboxylic acids is 1. The molecule has 32 heavy (non-hydrogen) atoms. The molecule has 0 aromatic heterocycles. The van der Waals surface area contributed by atoms with Gasteiger partial charge in [-0.15, -0.1) is 0 Å². The summed E-state index contributed by atoms with van der Waals surface area (Å²) in [6, 6.07) is 17.8. The van der Waals surface area contributed by atoms with Crippen LogP contribution in [-0.2, 0) is 11.4 Å². The van der Waals surface area contributed by atoms with E-state index < -0.39 is 5.91 Å². The predicted octanol–water partition coefficient (Wildman–Crippen LogP) is 7.68. The molecule has 0 radical (unpaired) electrons. The predicted molar refractivity (Wildman–Crippen MR) is 138 cm³/mol. The molecule has 0 heterocycles. The number of halogens is 4. The van der Waals surface area contributed by atoms with Gasteiger partial charge < -0.3 is 10.1 Å². The van der Waals surface area contributed by atoms with Crippen LogP contribution < -0.4 is 10.1 Å². The van der Waals surface area contributed by atoms with E-state index in [-0.39, 0.29) is 5.57 Å². The lowest BCUT2D eigenvalue weighted by Crippen LogP contribution is -2.13. The molecule has 3 aromatic rings. The lowest BCUT2D eigenvalue weighted by atomic mass is 10.1. The van der Waals surface area contributed by atoms with Crippen LogP contribution in [0.1, 0.15) is 16.7 Å². The van der Waals surface area contributed by atoms with Crippen molar-refractivity contribution in [1.29, 1.82) is 5.26 Å². The fourth-order valence-electron chi connectivity index (χ4n) is 2.70. The van der Waals surface area contributed by atoms with Crippen molar-refractivity contribution in [2.24, 2.45) is 0 Å². The molecule has 8 heteroatoms. The van der Waals surface area contributed by atoms with Crippen LogP contribution in [0.2, 0.25) is 15.1 Å². The second-order valence-electron chi connectivity index (χ2n) is 6.81. The Labute approximate surface area is 214 Å². The van der Waals surface area contributed by atoms with Gasteiger partial charge in [0.15, 0.2) is 0 Å². The smallest absolute Gasteiger partial charge is 0.266 e. The molecule has 1 N–H and O–H groups in total. The zero-order chi connectivity index (χ0) is 23.3. The van der Waals surface area contributed by atoms with Crippen LogP contribution in [0.25, 0.3) is 6.08 Å². The van der Waals surface area contributed by atoms with E-state index in [1.54, 1.807) is 42.5 Å². The molecule has 0 atom stereocenters. The average Bonchev–Trinajstić information content (AvgIpc) is 2.76. The average molecular weight is 598 g/mol. The normalized spacial score (nSPS) is 11.1. The van der Waals surface area contributed by atoms with Crippen molar-refractivity contribution >= 4 is 75.1 Å². The van der Waals surface area contributed by atoms with E-state index in [4.69, 9.17) is 39.5 Å². The monoisotopic (exact) mass is 596 g/mol. The fraction of sp³-hybridized carbons (Fsp3) is 0.0833. The standard InChI is InChI=1S/C24H16Cl3IN2O2/c1-14-2-5-18(11-20(14)26)30-24(31)17(12-29)8-15-4-7-23(22(28)10-15)32-13-16-3-6-19(25)21(27)9-16/h2-11H,13H2,1H3,(H,30,31)/b17-8-. The molecule has 0 aliphatic rings. The number of aryl methyl sites for hydroxylation is 1. The Morgan fingerprint density at radius 2 is 1.84 bits per heavy atom. The number of hydrogen-bond acceptors (Lipinski definition) is 3. The first-order valence-electron chi connectivity index (χ1n) is 9.32.